The molecule has 1 saturated heterocycles. The molecule has 0 unspecified atom stereocenters. The molecule has 0 aromatic heterocycles. The number of amides is 2. The zero-order valence-electron chi connectivity index (χ0n) is 12.5. The standard InChI is InChI=1S/C11H16N4O9/c16-10(12-1-3-13(4-2-12)11(17)18)7-5-8(23-14(19)20)9(6-7)24-15(21)22/h7-9H,1-6H2,(H,17,18)/t7-,8+,9-. The van der Waals surface area contributed by atoms with Crippen molar-refractivity contribution in [2.45, 2.75) is 25.0 Å². The maximum Gasteiger partial charge on any atom is 0.407 e. The van der Waals surface area contributed by atoms with Gasteiger partial charge < -0.3 is 24.6 Å². The molecule has 2 aliphatic rings. The van der Waals surface area contributed by atoms with E-state index in [1.807, 2.05) is 0 Å². The second-order valence-corrected chi connectivity index (χ2v) is 5.50. The zero-order valence-corrected chi connectivity index (χ0v) is 12.5. The van der Waals surface area contributed by atoms with Crippen LogP contribution in [0.1, 0.15) is 12.8 Å². The molecule has 0 spiro atoms. The Morgan fingerprint density at radius 1 is 0.917 bits per heavy atom. The maximum absolute atomic E-state index is 12.4. The van der Waals surface area contributed by atoms with Gasteiger partial charge in [-0.25, -0.2) is 4.79 Å². The molecule has 1 aliphatic carbocycles. The highest BCUT2D eigenvalue weighted by molar-refractivity contribution is 5.79. The van der Waals surface area contributed by atoms with E-state index >= 15 is 0 Å². The first-order chi connectivity index (χ1) is 11.3. The summed E-state index contributed by atoms with van der Waals surface area (Å²) in [5.41, 5.74) is 0. The topological polar surface area (TPSA) is 166 Å². The van der Waals surface area contributed by atoms with Crippen molar-refractivity contribution in [1.29, 1.82) is 0 Å². The van der Waals surface area contributed by atoms with Gasteiger partial charge in [-0.15, -0.1) is 20.2 Å². The van der Waals surface area contributed by atoms with Crippen molar-refractivity contribution in [2.75, 3.05) is 26.2 Å². The number of carbonyl (C=O) groups is 2. The largest absolute Gasteiger partial charge is 0.465 e. The highest BCUT2D eigenvalue weighted by atomic mass is 17.0. The molecule has 2 amide bonds. The Kier molecular flexibility index (Phi) is 5.21. The number of carboxylic acid groups (broad SMARTS) is 1. The number of hydrogen-bond acceptors (Lipinski definition) is 8. The van der Waals surface area contributed by atoms with E-state index in [0.29, 0.717) is 0 Å². The van der Waals surface area contributed by atoms with Crippen LogP contribution >= 0.6 is 0 Å². The average molecular weight is 348 g/mol. The van der Waals surface area contributed by atoms with Gasteiger partial charge in [0.05, 0.1) is 0 Å². The van der Waals surface area contributed by atoms with E-state index in [4.69, 9.17) is 5.11 Å². The van der Waals surface area contributed by atoms with Crippen molar-refractivity contribution >= 4 is 12.0 Å². The van der Waals surface area contributed by atoms with Crippen LogP contribution in [0.5, 0.6) is 0 Å². The van der Waals surface area contributed by atoms with Crippen molar-refractivity contribution in [3.63, 3.8) is 0 Å². The van der Waals surface area contributed by atoms with Crippen molar-refractivity contribution in [2.24, 2.45) is 5.92 Å². The lowest BCUT2D eigenvalue weighted by molar-refractivity contribution is -0.797. The molecule has 13 heteroatoms. The van der Waals surface area contributed by atoms with Crippen LogP contribution in [-0.2, 0) is 14.5 Å². The Balaban J connectivity index is 1.96. The SMILES string of the molecule is O=C(O)N1CCN(C(=O)[C@@H]2C[C@H](O[N+](=O)[O-])[C@H](O[N+](=O)[O-])C2)CC1. The van der Waals surface area contributed by atoms with Gasteiger partial charge in [0.1, 0.15) is 12.2 Å². The lowest BCUT2D eigenvalue weighted by Crippen LogP contribution is -2.51. The Bertz CT molecular complexity index is 510. The summed E-state index contributed by atoms with van der Waals surface area (Å²) < 4.78 is 0. The summed E-state index contributed by atoms with van der Waals surface area (Å²) in [5, 5.41) is 27.7. The number of piperazine rings is 1. The van der Waals surface area contributed by atoms with Gasteiger partial charge >= 0.3 is 6.09 Å². The van der Waals surface area contributed by atoms with Crippen LogP contribution in [0.25, 0.3) is 0 Å². The number of hydrogen-bond donors (Lipinski definition) is 1. The van der Waals surface area contributed by atoms with Crippen LogP contribution in [0, 0.1) is 26.1 Å². The van der Waals surface area contributed by atoms with Gasteiger partial charge in [0.25, 0.3) is 10.2 Å². The Hall–Kier alpha value is -2.86. The van der Waals surface area contributed by atoms with Crippen molar-refractivity contribution in [3.8, 4) is 0 Å². The van der Waals surface area contributed by atoms with E-state index in [2.05, 4.69) is 9.68 Å². The number of nitrogens with zero attached hydrogens (tertiary/aromatic N) is 4. The molecule has 1 heterocycles. The lowest BCUT2D eigenvalue weighted by Gasteiger charge is -2.34. The van der Waals surface area contributed by atoms with Gasteiger partial charge in [0.15, 0.2) is 0 Å². The smallest absolute Gasteiger partial charge is 0.407 e. The first kappa shape index (κ1) is 17.5. The summed E-state index contributed by atoms with van der Waals surface area (Å²) in [6, 6.07) is 0. The van der Waals surface area contributed by atoms with E-state index in [-0.39, 0.29) is 44.9 Å². The number of rotatable bonds is 5. The molecule has 0 radical (unpaired) electrons. The minimum atomic E-state index is -1.19. The average Bonchev–Trinajstić information content (AvgIpc) is 2.88. The van der Waals surface area contributed by atoms with Crippen LogP contribution in [0.3, 0.4) is 0 Å². The summed E-state index contributed by atoms with van der Waals surface area (Å²) in [5.74, 6) is -1.05. The molecule has 3 atom stereocenters. The third-order valence-corrected chi connectivity index (χ3v) is 4.10. The quantitative estimate of drug-likeness (QED) is 0.502. The van der Waals surface area contributed by atoms with Gasteiger partial charge in [0, 0.05) is 32.1 Å². The molecule has 0 aromatic rings. The summed E-state index contributed by atoms with van der Waals surface area (Å²) in [6.45, 7) is 0.723. The van der Waals surface area contributed by atoms with Crippen molar-refractivity contribution < 1.29 is 34.5 Å². The van der Waals surface area contributed by atoms with Gasteiger partial charge in [-0.2, -0.15) is 0 Å². The minimum Gasteiger partial charge on any atom is -0.465 e. The maximum atomic E-state index is 12.4. The van der Waals surface area contributed by atoms with Gasteiger partial charge in [-0.1, -0.05) is 0 Å². The molecule has 2 fully saturated rings. The molecule has 0 aromatic carbocycles. The zero-order chi connectivity index (χ0) is 17.9. The van der Waals surface area contributed by atoms with Crippen molar-refractivity contribution in [3.05, 3.63) is 20.2 Å². The van der Waals surface area contributed by atoms with Gasteiger partial charge in [0.2, 0.25) is 5.91 Å². The Morgan fingerprint density at radius 3 is 1.71 bits per heavy atom. The molecule has 13 nitrogen and oxygen atoms in total. The molecule has 24 heavy (non-hydrogen) atoms. The molecular weight excluding hydrogens is 332 g/mol. The fraction of sp³-hybridized carbons (Fsp3) is 0.818. The molecule has 0 bridgehead atoms. The van der Waals surface area contributed by atoms with E-state index in [1.165, 1.54) is 9.80 Å². The minimum absolute atomic E-state index is 0.0720. The Morgan fingerprint density at radius 2 is 1.33 bits per heavy atom. The fourth-order valence-electron chi connectivity index (χ4n) is 2.98. The van der Waals surface area contributed by atoms with E-state index in [1.54, 1.807) is 0 Å². The number of carbonyl (C=O) groups excluding carboxylic acids is 1. The summed E-state index contributed by atoms with van der Waals surface area (Å²) in [4.78, 5) is 55.6. The first-order valence-electron chi connectivity index (χ1n) is 7.17. The van der Waals surface area contributed by atoms with E-state index < -0.39 is 34.4 Å². The molecule has 134 valence electrons. The second-order valence-electron chi connectivity index (χ2n) is 5.50. The van der Waals surface area contributed by atoms with Crippen LogP contribution in [0.2, 0.25) is 0 Å². The Labute approximate surface area is 134 Å². The normalized spacial score (nSPS) is 26.8. The van der Waals surface area contributed by atoms with Crippen LogP contribution < -0.4 is 0 Å². The summed E-state index contributed by atoms with van der Waals surface area (Å²) in [6.07, 6.45) is -3.60. The summed E-state index contributed by atoms with van der Waals surface area (Å²) in [7, 11) is 0. The fourth-order valence-corrected chi connectivity index (χ4v) is 2.98. The molecule has 1 saturated carbocycles. The van der Waals surface area contributed by atoms with Crippen LogP contribution in [0.4, 0.5) is 4.79 Å². The predicted molar refractivity (Wildman–Crippen MR) is 72.6 cm³/mol. The van der Waals surface area contributed by atoms with E-state index in [9.17, 15) is 29.8 Å². The van der Waals surface area contributed by atoms with E-state index in [0.717, 1.165) is 0 Å². The second kappa shape index (κ2) is 7.14. The van der Waals surface area contributed by atoms with Gasteiger partial charge in [-0.05, 0) is 12.8 Å². The first-order valence-corrected chi connectivity index (χ1v) is 7.17. The van der Waals surface area contributed by atoms with Crippen molar-refractivity contribution in [1.82, 2.24) is 9.80 Å². The molecule has 2 rings (SSSR count). The third-order valence-electron chi connectivity index (χ3n) is 4.10. The third kappa shape index (κ3) is 4.11. The highest BCUT2D eigenvalue weighted by Gasteiger charge is 2.44. The summed E-state index contributed by atoms with van der Waals surface area (Å²) >= 11 is 0. The monoisotopic (exact) mass is 348 g/mol. The van der Waals surface area contributed by atoms with Crippen LogP contribution in [0.15, 0.2) is 0 Å². The molecule has 1 aliphatic heterocycles. The van der Waals surface area contributed by atoms with Gasteiger partial charge in [-0.3, -0.25) is 4.79 Å². The van der Waals surface area contributed by atoms with Crippen LogP contribution in [-0.4, -0.2) is 75.5 Å². The lowest BCUT2D eigenvalue weighted by atomic mass is 10.1. The highest BCUT2D eigenvalue weighted by Crippen LogP contribution is 2.32. The predicted octanol–water partition coefficient (Wildman–Crippen LogP) is -0.628. The molecule has 1 N–H and O–H groups in total. The molecular formula is C11H16N4O9.